The number of halogens is 1. The van der Waals surface area contributed by atoms with E-state index in [0.717, 1.165) is 38.8 Å². The fraction of sp³-hybridized carbons (Fsp3) is 0.250. The Labute approximate surface area is 207 Å². The van der Waals surface area contributed by atoms with Crippen molar-refractivity contribution in [3.63, 3.8) is 0 Å². The summed E-state index contributed by atoms with van der Waals surface area (Å²) in [7, 11) is 1.65. The highest BCUT2D eigenvalue weighted by Gasteiger charge is 2.41. The molecule has 0 radical (unpaired) electrons. The fourth-order valence-electron chi connectivity index (χ4n) is 5.16. The lowest BCUT2D eigenvalue weighted by Crippen LogP contribution is -2.31. The average molecular weight is 520 g/mol. The van der Waals surface area contributed by atoms with Crippen LogP contribution >= 0.6 is 15.9 Å². The molecule has 1 aliphatic heterocycles. The number of carbonyl (C=O) groups is 1. The van der Waals surface area contributed by atoms with Crippen molar-refractivity contribution < 1.29 is 19.4 Å². The van der Waals surface area contributed by atoms with Gasteiger partial charge in [-0.3, -0.25) is 0 Å². The number of methoxy groups -OCH3 is 1. The highest BCUT2D eigenvalue weighted by molar-refractivity contribution is 9.10. The Morgan fingerprint density at radius 2 is 1.97 bits per heavy atom. The van der Waals surface area contributed by atoms with Crippen LogP contribution < -0.4 is 14.8 Å². The topological polar surface area (TPSA) is 67.8 Å². The Morgan fingerprint density at radius 1 is 1.18 bits per heavy atom. The molecular formula is C28H26BrNO4. The number of hydrogen-bond donors (Lipinski definition) is 2. The number of aromatic carboxylic acids is 1. The second kappa shape index (κ2) is 9.18. The van der Waals surface area contributed by atoms with E-state index in [4.69, 9.17) is 9.47 Å². The molecule has 0 amide bonds. The number of ether oxygens (including phenoxy) is 2. The molecule has 2 aliphatic rings. The van der Waals surface area contributed by atoms with E-state index >= 15 is 0 Å². The smallest absolute Gasteiger partial charge is 0.336 e. The van der Waals surface area contributed by atoms with Gasteiger partial charge < -0.3 is 19.9 Å². The predicted molar refractivity (Wildman–Crippen MR) is 136 cm³/mol. The van der Waals surface area contributed by atoms with Crippen molar-refractivity contribution in [2.45, 2.75) is 31.9 Å². The molecule has 3 aromatic carbocycles. The zero-order chi connectivity index (χ0) is 23.8. The summed E-state index contributed by atoms with van der Waals surface area (Å²) in [6, 6.07) is 17.7. The molecule has 0 saturated carbocycles. The lowest BCUT2D eigenvalue weighted by molar-refractivity contribution is 0.0695. The van der Waals surface area contributed by atoms with Crippen molar-refractivity contribution in [3.05, 3.63) is 99.0 Å². The lowest BCUT2D eigenvalue weighted by atomic mass is 9.74. The number of carboxylic acids is 1. The first kappa shape index (κ1) is 22.5. The van der Waals surface area contributed by atoms with Crippen LogP contribution in [-0.4, -0.2) is 18.2 Å². The number of hydrogen-bond acceptors (Lipinski definition) is 4. The third-order valence-electron chi connectivity index (χ3n) is 6.80. The number of anilines is 1. The number of carboxylic acid groups (broad SMARTS) is 1. The maximum atomic E-state index is 12.0. The Morgan fingerprint density at radius 3 is 2.71 bits per heavy atom. The van der Waals surface area contributed by atoms with Crippen molar-refractivity contribution in [1.82, 2.24) is 0 Å². The summed E-state index contributed by atoms with van der Waals surface area (Å²) in [4.78, 5) is 12.0. The number of rotatable bonds is 6. The summed E-state index contributed by atoms with van der Waals surface area (Å²) < 4.78 is 12.7. The molecule has 0 fully saturated rings. The summed E-state index contributed by atoms with van der Waals surface area (Å²) in [6.07, 6.45) is 5.20. The van der Waals surface area contributed by atoms with Gasteiger partial charge in [0, 0.05) is 11.6 Å². The van der Waals surface area contributed by atoms with Gasteiger partial charge in [-0.05, 0) is 75.6 Å². The molecule has 0 spiro atoms. The second-order valence-electron chi connectivity index (χ2n) is 8.81. The Balaban J connectivity index is 1.51. The molecule has 1 heterocycles. The normalized spacial score (nSPS) is 20.3. The highest BCUT2D eigenvalue weighted by atomic mass is 79.9. The molecule has 5 nitrogen and oxygen atoms in total. The van der Waals surface area contributed by atoms with Gasteiger partial charge in [0.2, 0.25) is 0 Å². The van der Waals surface area contributed by atoms with Crippen molar-refractivity contribution in [1.29, 1.82) is 0 Å². The van der Waals surface area contributed by atoms with Crippen LogP contribution in [0.15, 0.2) is 71.2 Å². The zero-order valence-corrected chi connectivity index (χ0v) is 20.6. The maximum absolute atomic E-state index is 12.0. The Kier molecular flexibility index (Phi) is 6.09. The molecule has 6 heteroatoms. The highest BCUT2D eigenvalue weighted by Crippen LogP contribution is 2.53. The van der Waals surface area contributed by atoms with E-state index in [1.807, 2.05) is 49.4 Å². The third kappa shape index (κ3) is 3.96. The minimum Gasteiger partial charge on any atom is -0.493 e. The maximum Gasteiger partial charge on any atom is 0.336 e. The van der Waals surface area contributed by atoms with Crippen molar-refractivity contribution in [2.24, 2.45) is 5.92 Å². The molecule has 0 saturated heterocycles. The van der Waals surface area contributed by atoms with Crippen LogP contribution in [0.1, 0.15) is 51.0 Å². The van der Waals surface area contributed by atoms with Gasteiger partial charge in [-0.15, -0.1) is 0 Å². The van der Waals surface area contributed by atoms with Gasteiger partial charge >= 0.3 is 5.97 Å². The zero-order valence-electron chi connectivity index (χ0n) is 19.0. The van der Waals surface area contributed by atoms with Crippen LogP contribution in [0.3, 0.4) is 0 Å². The van der Waals surface area contributed by atoms with E-state index in [0.29, 0.717) is 23.7 Å². The van der Waals surface area contributed by atoms with E-state index in [-0.39, 0.29) is 17.9 Å². The standard InChI is InChI=1S/C28H26BrNO4/c1-16-11-12-21(28(31)32)24-19-9-6-10-20(19)26(30-25(16)24)18-13-22(29)27(23(14-18)33-2)34-15-17-7-4-3-5-8-17/h3-9,11-14,19-20,26,30H,10,15H2,1-2H3,(H,31,32)/t19-,20-,26-/m0/s1. The lowest BCUT2D eigenvalue weighted by Gasteiger charge is -2.39. The molecule has 174 valence electrons. The quantitative estimate of drug-likeness (QED) is 0.347. The number of allylic oxidation sites excluding steroid dienone is 2. The first-order chi connectivity index (χ1) is 16.5. The molecule has 3 atom stereocenters. The summed E-state index contributed by atoms with van der Waals surface area (Å²) in [5.74, 6) is 0.689. The van der Waals surface area contributed by atoms with Crippen LogP contribution in [-0.2, 0) is 6.61 Å². The number of fused-ring (bicyclic) bond motifs is 3. The van der Waals surface area contributed by atoms with Crippen LogP contribution in [0.25, 0.3) is 0 Å². The summed E-state index contributed by atoms with van der Waals surface area (Å²) in [6.45, 7) is 2.46. The van der Waals surface area contributed by atoms with E-state index in [1.54, 1.807) is 13.2 Å². The third-order valence-corrected chi connectivity index (χ3v) is 7.38. The minimum absolute atomic E-state index is 0.00335. The SMILES string of the molecule is COc1cc([C@@H]2Nc3c(C)ccc(C(=O)O)c3[C@H]3C=CC[C@@H]32)cc(Br)c1OCc1ccccc1. The summed E-state index contributed by atoms with van der Waals surface area (Å²) >= 11 is 3.70. The van der Waals surface area contributed by atoms with Gasteiger partial charge in [0.25, 0.3) is 0 Å². The molecule has 2 N–H and O–H groups in total. The van der Waals surface area contributed by atoms with Gasteiger partial charge in [-0.1, -0.05) is 48.6 Å². The average Bonchev–Trinajstić information content (AvgIpc) is 3.33. The first-order valence-corrected chi connectivity index (χ1v) is 12.1. The van der Waals surface area contributed by atoms with Gasteiger partial charge in [-0.2, -0.15) is 0 Å². The second-order valence-corrected chi connectivity index (χ2v) is 9.66. The van der Waals surface area contributed by atoms with Crippen molar-refractivity contribution in [3.8, 4) is 11.5 Å². The predicted octanol–water partition coefficient (Wildman–Crippen LogP) is 6.87. The van der Waals surface area contributed by atoms with E-state index < -0.39 is 5.97 Å². The first-order valence-electron chi connectivity index (χ1n) is 11.3. The Hall–Kier alpha value is -3.25. The van der Waals surface area contributed by atoms with E-state index in [9.17, 15) is 9.90 Å². The van der Waals surface area contributed by atoms with Gasteiger partial charge in [0.1, 0.15) is 6.61 Å². The molecule has 0 bridgehead atoms. The molecule has 0 unspecified atom stereocenters. The summed E-state index contributed by atoms with van der Waals surface area (Å²) in [5.41, 5.74) is 5.36. The molecular weight excluding hydrogens is 494 g/mol. The van der Waals surface area contributed by atoms with Crippen molar-refractivity contribution >= 4 is 27.6 Å². The monoisotopic (exact) mass is 519 g/mol. The van der Waals surface area contributed by atoms with Crippen LogP contribution in [0.5, 0.6) is 11.5 Å². The van der Waals surface area contributed by atoms with Crippen molar-refractivity contribution in [2.75, 3.05) is 12.4 Å². The largest absolute Gasteiger partial charge is 0.493 e. The number of benzene rings is 3. The molecule has 0 aromatic heterocycles. The molecule has 5 rings (SSSR count). The Bertz CT molecular complexity index is 1270. The molecule has 3 aromatic rings. The van der Waals surface area contributed by atoms with E-state index in [1.165, 1.54) is 0 Å². The number of nitrogens with one attached hydrogen (secondary N) is 1. The fourth-order valence-corrected chi connectivity index (χ4v) is 5.73. The van der Waals surface area contributed by atoms with E-state index in [2.05, 4.69) is 39.5 Å². The van der Waals surface area contributed by atoms with Gasteiger partial charge in [0.05, 0.1) is 23.2 Å². The minimum atomic E-state index is -0.889. The molecule has 1 aliphatic carbocycles. The van der Waals surface area contributed by atoms with Crippen LogP contribution in [0.2, 0.25) is 0 Å². The van der Waals surface area contributed by atoms with Gasteiger partial charge in [0.15, 0.2) is 11.5 Å². The summed E-state index contributed by atoms with van der Waals surface area (Å²) in [5, 5.41) is 13.5. The van der Waals surface area contributed by atoms with Crippen LogP contribution in [0.4, 0.5) is 5.69 Å². The van der Waals surface area contributed by atoms with Crippen LogP contribution in [0, 0.1) is 12.8 Å². The molecule has 34 heavy (non-hydrogen) atoms. The van der Waals surface area contributed by atoms with Gasteiger partial charge in [-0.25, -0.2) is 4.79 Å². The number of aryl methyl sites for hydroxylation is 1.